The summed E-state index contributed by atoms with van der Waals surface area (Å²) in [5, 5.41) is 0. The van der Waals surface area contributed by atoms with Gasteiger partial charge in [-0.2, -0.15) is 0 Å². The molecule has 0 nitrogen and oxygen atoms in total. The number of halogens is 2. The Morgan fingerprint density at radius 3 is 1.37 bits per heavy atom. The van der Waals surface area contributed by atoms with Crippen molar-refractivity contribution >= 4 is 46.8 Å². The van der Waals surface area contributed by atoms with E-state index in [0.29, 0.717) is 0 Å². The standard InChI is InChI=1S/C16H8Br2Se/c17-15-5-1-13(2-6-15)9-11-19-12-10-14-3-7-16(18)8-4-14/h1-8H. The van der Waals surface area contributed by atoms with E-state index in [4.69, 9.17) is 0 Å². The first-order valence-electron chi connectivity index (χ1n) is 5.43. The van der Waals surface area contributed by atoms with E-state index < -0.39 is 0 Å². The van der Waals surface area contributed by atoms with Crippen molar-refractivity contribution in [1.82, 2.24) is 0 Å². The van der Waals surface area contributed by atoms with Gasteiger partial charge in [-0.3, -0.25) is 0 Å². The third-order valence-corrected chi connectivity index (χ3v) is 4.10. The summed E-state index contributed by atoms with van der Waals surface area (Å²) in [6.07, 6.45) is 0. The van der Waals surface area contributed by atoms with Crippen molar-refractivity contribution in [3.8, 4) is 21.5 Å². The van der Waals surface area contributed by atoms with Crippen LogP contribution in [0.3, 0.4) is 0 Å². The molecule has 0 amide bonds. The summed E-state index contributed by atoms with van der Waals surface area (Å²) in [4.78, 5) is 6.23. The zero-order valence-electron chi connectivity index (χ0n) is 9.78. The van der Waals surface area contributed by atoms with Gasteiger partial charge >= 0.3 is 137 Å². The average molecular weight is 439 g/mol. The van der Waals surface area contributed by atoms with Crippen LogP contribution in [0.25, 0.3) is 0 Å². The van der Waals surface area contributed by atoms with E-state index in [-0.39, 0.29) is 15.0 Å². The van der Waals surface area contributed by atoms with Gasteiger partial charge in [-0.25, -0.2) is 0 Å². The van der Waals surface area contributed by atoms with Gasteiger partial charge in [0.1, 0.15) is 0 Å². The molecular formula is C16H8Br2Se. The van der Waals surface area contributed by atoms with E-state index in [1.807, 2.05) is 48.5 Å². The van der Waals surface area contributed by atoms with Crippen LogP contribution in [0.4, 0.5) is 0 Å². The summed E-state index contributed by atoms with van der Waals surface area (Å²) in [6.45, 7) is 0. The van der Waals surface area contributed by atoms with Gasteiger partial charge in [-0.15, -0.1) is 0 Å². The van der Waals surface area contributed by atoms with Crippen molar-refractivity contribution in [2.24, 2.45) is 0 Å². The molecule has 2 aromatic rings. The Bertz CT molecular complexity index is 604. The fraction of sp³-hybridized carbons (Fsp3) is 0. The molecule has 19 heavy (non-hydrogen) atoms. The molecule has 0 aliphatic rings. The Morgan fingerprint density at radius 2 is 1.00 bits per heavy atom. The van der Waals surface area contributed by atoms with Crippen molar-refractivity contribution in [2.75, 3.05) is 0 Å². The van der Waals surface area contributed by atoms with E-state index in [9.17, 15) is 0 Å². The van der Waals surface area contributed by atoms with Gasteiger partial charge in [0, 0.05) is 0 Å². The molecule has 0 fully saturated rings. The fourth-order valence-electron chi connectivity index (χ4n) is 1.26. The Kier molecular flexibility index (Phi) is 5.77. The molecule has 0 spiro atoms. The monoisotopic (exact) mass is 438 g/mol. The summed E-state index contributed by atoms with van der Waals surface area (Å²) >= 11 is 6.83. The van der Waals surface area contributed by atoms with Crippen LogP contribution < -0.4 is 0 Å². The zero-order valence-corrected chi connectivity index (χ0v) is 14.7. The zero-order chi connectivity index (χ0) is 13.5. The Balaban J connectivity index is 1.94. The van der Waals surface area contributed by atoms with E-state index in [1.165, 1.54) is 0 Å². The first kappa shape index (κ1) is 14.4. The van der Waals surface area contributed by atoms with E-state index in [2.05, 4.69) is 53.3 Å². The number of rotatable bonds is 0. The molecule has 0 aliphatic carbocycles. The Hall–Kier alpha value is -0.961. The number of hydrogen-bond donors (Lipinski definition) is 0. The first-order valence-corrected chi connectivity index (χ1v) is 8.73. The summed E-state index contributed by atoms with van der Waals surface area (Å²) < 4.78 is 2.14. The van der Waals surface area contributed by atoms with Gasteiger partial charge < -0.3 is 0 Å². The fourth-order valence-corrected chi connectivity index (χ4v) is 2.61. The van der Waals surface area contributed by atoms with Crippen LogP contribution >= 0.6 is 31.9 Å². The molecular weight excluding hydrogens is 431 g/mol. The molecule has 0 aliphatic heterocycles. The second kappa shape index (κ2) is 7.59. The van der Waals surface area contributed by atoms with Crippen LogP contribution in [-0.4, -0.2) is 15.0 Å². The molecule has 0 N–H and O–H groups in total. The van der Waals surface area contributed by atoms with Crippen molar-refractivity contribution in [3.63, 3.8) is 0 Å². The van der Waals surface area contributed by atoms with E-state index >= 15 is 0 Å². The normalized spacial score (nSPS) is 8.95. The first-order chi connectivity index (χ1) is 9.24. The molecule has 0 unspecified atom stereocenters. The molecule has 3 heteroatoms. The van der Waals surface area contributed by atoms with Crippen LogP contribution in [-0.2, 0) is 0 Å². The van der Waals surface area contributed by atoms with Crippen LogP contribution in [0.2, 0.25) is 0 Å². The Morgan fingerprint density at radius 1 is 0.632 bits per heavy atom. The van der Waals surface area contributed by atoms with Gasteiger partial charge in [0.2, 0.25) is 0 Å². The molecule has 2 aromatic carbocycles. The minimum atomic E-state index is 0.0279. The quantitative estimate of drug-likeness (QED) is 0.426. The van der Waals surface area contributed by atoms with Gasteiger partial charge in [0.15, 0.2) is 0 Å². The maximum absolute atomic E-state index is 3.40. The molecule has 92 valence electrons. The van der Waals surface area contributed by atoms with Gasteiger partial charge in [0.25, 0.3) is 0 Å². The summed E-state index contributed by atoms with van der Waals surface area (Å²) in [5.74, 6) is 6.23. The van der Waals surface area contributed by atoms with Crippen LogP contribution in [0.15, 0.2) is 57.5 Å². The third-order valence-electron chi connectivity index (χ3n) is 2.18. The van der Waals surface area contributed by atoms with E-state index in [1.54, 1.807) is 0 Å². The van der Waals surface area contributed by atoms with Crippen LogP contribution in [0.5, 0.6) is 0 Å². The second-order valence-corrected chi connectivity index (χ2v) is 6.69. The third kappa shape index (κ3) is 5.27. The molecule has 0 heterocycles. The van der Waals surface area contributed by atoms with Crippen molar-refractivity contribution in [2.45, 2.75) is 0 Å². The van der Waals surface area contributed by atoms with Gasteiger partial charge in [0.05, 0.1) is 0 Å². The molecule has 2 rings (SSSR count). The second-order valence-electron chi connectivity index (χ2n) is 3.57. The van der Waals surface area contributed by atoms with Gasteiger partial charge in [-0.1, -0.05) is 0 Å². The van der Waals surface area contributed by atoms with Crippen LogP contribution in [0.1, 0.15) is 11.1 Å². The van der Waals surface area contributed by atoms with Gasteiger partial charge in [-0.05, 0) is 0 Å². The van der Waals surface area contributed by atoms with Crippen molar-refractivity contribution < 1.29 is 0 Å². The summed E-state index contributed by atoms with van der Waals surface area (Å²) in [6, 6.07) is 15.9. The molecule has 0 saturated heterocycles. The SMILES string of the molecule is Brc1ccc(C#C[Se]C#Cc2ccc(Br)cc2)cc1. The number of benzene rings is 2. The molecule has 0 aromatic heterocycles. The number of hydrogen-bond acceptors (Lipinski definition) is 0. The topological polar surface area (TPSA) is 0 Å². The average Bonchev–Trinajstić information content (AvgIpc) is 2.43. The predicted octanol–water partition coefficient (Wildman–Crippen LogP) is 4.23. The Labute approximate surface area is 136 Å². The summed E-state index contributed by atoms with van der Waals surface area (Å²) in [5.41, 5.74) is 2.05. The minimum absolute atomic E-state index is 0.0279. The van der Waals surface area contributed by atoms with Crippen LogP contribution in [0, 0.1) is 21.5 Å². The molecule has 0 saturated carbocycles. The van der Waals surface area contributed by atoms with Crippen molar-refractivity contribution in [3.05, 3.63) is 68.6 Å². The maximum atomic E-state index is 3.40. The predicted molar refractivity (Wildman–Crippen MR) is 87.8 cm³/mol. The molecule has 0 bridgehead atoms. The molecule has 0 radical (unpaired) electrons. The summed E-state index contributed by atoms with van der Waals surface area (Å²) in [7, 11) is 0. The van der Waals surface area contributed by atoms with E-state index in [0.717, 1.165) is 20.1 Å². The molecule has 0 atom stereocenters. The van der Waals surface area contributed by atoms with Crippen molar-refractivity contribution in [1.29, 1.82) is 0 Å².